The van der Waals surface area contributed by atoms with Crippen LogP contribution in [0.3, 0.4) is 0 Å². The molecule has 1 heterocycles. The van der Waals surface area contributed by atoms with Gasteiger partial charge in [-0.25, -0.2) is 4.79 Å². The van der Waals surface area contributed by atoms with Crippen molar-refractivity contribution in [1.29, 1.82) is 0 Å². The largest absolute Gasteiger partial charge is 0.497 e. The van der Waals surface area contributed by atoms with Gasteiger partial charge in [-0.2, -0.15) is 0 Å². The summed E-state index contributed by atoms with van der Waals surface area (Å²) in [5, 5.41) is 0. The minimum Gasteiger partial charge on any atom is -0.497 e. The highest BCUT2D eigenvalue weighted by Gasteiger charge is 2.30. The van der Waals surface area contributed by atoms with E-state index in [0.717, 1.165) is 22.6 Å². The summed E-state index contributed by atoms with van der Waals surface area (Å²) < 4.78 is 10.0. The molecule has 1 aliphatic rings. The molecule has 0 spiro atoms. The maximum absolute atomic E-state index is 13.4. The summed E-state index contributed by atoms with van der Waals surface area (Å²) in [7, 11) is 2.95. The molecular formula is C26H21NO4. The second-order valence-corrected chi connectivity index (χ2v) is 6.95. The molecule has 3 aromatic carbocycles. The lowest BCUT2D eigenvalue weighted by molar-refractivity contribution is -0.113. The van der Waals surface area contributed by atoms with Gasteiger partial charge in [0.05, 0.1) is 31.2 Å². The van der Waals surface area contributed by atoms with E-state index >= 15 is 0 Å². The number of hydrogen-bond donors (Lipinski definition) is 0. The number of amides is 1. The average molecular weight is 411 g/mol. The molecule has 0 saturated heterocycles. The van der Waals surface area contributed by atoms with Crippen LogP contribution in [0.15, 0.2) is 90.5 Å². The van der Waals surface area contributed by atoms with Gasteiger partial charge in [0, 0.05) is 5.57 Å². The van der Waals surface area contributed by atoms with Crippen LogP contribution in [0, 0.1) is 0 Å². The van der Waals surface area contributed by atoms with Crippen molar-refractivity contribution in [1.82, 2.24) is 0 Å². The van der Waals surface area contributed by atoms with Crippen molar-refractivity contribution >= 4 is 29.3 Å². The van der Waals surface area contributed by atoms with Crippen molar-refractivity contribution < 1.29 is 19.1 Å². The molecule has 0 aliphatic carbocycles. The van der Waals surface area contributed by atoms with Crippen molar-refractivity contribution in [3.8, 4) is 5.75 Å². The number of carbonyl (C=O) groups is 2. The lowest BCUT2D eigenvalue weighted by Gasteiger charge is -2.21. The van der Waals surface area contributed by atoms with Crippen LogP contribution in [0.25, 0.3) is 11.8 Å². The van der Waals surface area contributed by atoms with Crippen molar-refractivity contribution in [3.63, 3.8) is 0 Å². The summed E-state index contributed by atoms with van der Waals surface area (Å²) in [6.07, 6.45) is 3.71. The minimum absolute atomic E-state index is 0.170. The summed E-state index contributed by atoms with van der Waals surface area (Å²) in [6.45, 7) is 0. The van der Waals surface area contributed by atoms with E-state index < -0.39 is 5.97 Å². The fraction of sp³-hybridized carbons (Fsp3) is 0.0769. The third-order valence-corrected chi connectivity index (χ3v) is 5.02. The van der Waals surface area contributed by atoms with Crippen molar-refractivity contribution in [3.05, 3.63) is 107 Å². The van der Waals surface area contributed by atoms with Crippen LogP contribution in [0.1, 0.15) is 21.5 Å². The maximum Gasteiger partial charge on any atom is 0.337 e. The number of nitrogens with zero attached hydrogens (tertiary/aromatic N) is 1. The molecule has 0 aromatic heterocycles. The molecule has 0 saturated carbocycles. The Morgan fingerprint density at radius 1 is 0.903 bits per heavy atom. The number of rotatable bonds is 5. The van der Waals surface area contributed by atoms with Crippen LogP contribution in [0.4, 0.5) is 5.69 Å². The number of methoxy groups -OCH3 is 2. The number of hydrogen-bond acceptors (Lipinski definition) is 4. The molecule has 0 bridgehead atoms. The first-order valence-corrected chi connectivity index (χ1v) is 9.76. The number of ether oxygens (including phenoxy) is 2. The predicted molar refractivity (Wildman–Crippen MR) is 121 cm³/mol. The van der Waals surface area contributed by atoms with Crippen LogP contribution >= 0.6 is 0 Å². The van der Waals surface area contributed by atoms with Crippen molar-refractivity contribution in [2.24, 2.45) is 0 Å². The first-order valence-electron chi connectivity index (χ1n) is 9.76. The average Bonchev–Trinajstić information content (AvgIpc) is 3.15. The van der Waals surface area contributed by atoms with Gasteiger partial charge < -0.3 is 9.47 Å². The highest BCUT2D eigenvalue weighted by Crippen LogP contribution is 2.35. The second kappa shape index (κ2) is 8.71. The number of benzene rings is 3. The molecule has 31 heavy (non-hydrogen) atoms. The Kier molecular flexibility index (Phi) is 5.67. The molecule has 0 atom stereocenters. The SMILES string of the molecule is COC(=O)c1cccc(N2C(=O)/C(=C/c3ccc(OC)cc3)C=C2c2ccccc2)c1. The van der Waals surface area contributed by atoms with Crippen LogP contribution in [-0.2, 0) is 9.53 Å². The zero-order chi connectivity index (χ0) is 21.8. The lowest BCUT2D eigenvalue weighted by Crippen LogP contribution is -2.25. The van der Waals surface area contributed by atoms with Crippen LogP contribution in [0.5, 0.6) is 5.75 Å². The second-order valence-electron chi connectivity index (χ2n) is 6.95. The van der Waals surface area contributed by atoms with E-state index in [1.54, 1.807) is 36.3 Å². The van der Waals surface area contributed by atoms with E-state index in [2.05, 4.69) is 0 Å². The van der Waals surface area contributed by atoms with Crippen LogP contribution in [-0.4, -0.2) is 26.1 Å². The third kappa shape index (κ3) is 4.12. The molecule has 0 unspecified atom stereocenters. The standard InChI is InChI=1S/C26H21NO4/c1-30-23-13-11-18(12-14-23)15-21-17-24(19-7-4-3-5-8-19)27(25(21)28)22-10-6-9-20(16-22)26(29)31-2/h3-17H,1-2H3/b21-15+. The molecule has 5 heteroatoms. The first-order chi connectivity index (χ1) is 15.1. The van der Waals surface area contributed by atoms with Gasteiger partial charge in [0.25, 0.3) is 5.91 Å². The first kappa shape index (κ1) is 20.2. The van der Waals surface area contributed by atoms with Gasteiger partial charge >= 0.3 is 5.97 Å². The monoisotopic (exact) mass is 411 g/mol. The molecule has 0 fully saturated rings. The van der Waals surface area contributed by atoms with E-state index in [0.29, 0.717) is 16.8 Å². The minimum atomic E-state index is -0.451. The third-order valence-electron chi connectivity index (χ3n) is 5.02. The topological polar surface area (TPSA) is 55.8 Å². The summed E-state index contributed by atoms with van der Waals surface area (Å²) in [6, 6.07) is 24.1. The highest BCUT2D eigenvalue weighted by atomic mass is 16.5. The van der Waals surface area contributed by atoms with Gasteiger partial charge in [-0.05, 0) is 53.6 Å². The molecule has 1 aliphatic heterocycles. The van der Waals surface area contributed by atoms with Gasteiger partial charge in [0.15, 0.2) is 0 Å². The normalized spacial score (nSPS) is 14.5. The van der Waals surface area contributed by atoms with Gasteiger partial charge in [-0.1, -0.05) is 48.5 Å². The summed E-state index contributed by atoms with van der Waals surface area (Å²) >= 11 is 0. The zero-order valence-electron chi connectivity index (χ0n) is 17.2. The Bertz CT molecular complexity index is 1180. The molecule has 1 amide bonds. The summed E-state index contributed by atoms with van der Waals surface area (Å²) in [4.78, 5) is 27.1. The quantitative estimate of drug-likeness (QED) is 0.440. The van der Waals surface area contributed by atoms with Crippen molar-refractivity contribution in [2.75, 3.05) is 19.1 Å². The predicted octanol–water partition coefficient (Wildman–Crippen LogP) is 4.95. The Balaban J connectivity index is 1.79. The van der Waals surface area contributed by atoms with Gasteiger partial charge in [0.2, 0.25) is 0 Å². The van der Waals surface area contributed by atoms with Gasteiger partial charge in [0.1, 0.15) is 5.75 Å². The molecule has 5 nitrogen and oxygen atoms in total. The van der Waals surface area contributed by atoms with Crippen LogP contribution in [0.2, 0.25) is 0 Å². The van der Waals surface area contributed by atoms with Crippen LogP contribution < -0.4 is 9.64 Å². The smallest absolute Gasteiger partial charge is 0.337 e. The number of anilines is 1. The Morgan fingerprint density at radius 2 is 1.65 bits per heavy atom. The Morgan fingerprint density at radius 3 is 2.32 bits per heavy atom. The highest BCUT2D eigenvalue weighted by molar-refractivity contribution is 6.23. The van der Waals surface area contributed by atoms with Gasteiger partial charge in [-0.15, -0.1) is 0 Å². The summed E-state index contributed by atoms with van der Waals surface area (Å²) in [5.41, 5.74) is 4.06. The molecule has 0 N–H and O–H groups in total. The van der Waals surface area contributed by atoms with Gasteiger partial charge in [-0.3, -0.25) is 9.69 Å². The fourth-order valence-electron chi connectivity index (χ4n) is 3.46. The fourth-order valence-corrected chi connectivity index (χ4v) is 3.46. The maximum atomic E-state index is 13.4. The summed E-state index contributed by atoms with van der Waals surface area (Å²) in [5.74, 6) is 0.131. The Hall–Kier alpha value is -4.12. The molecule has 3 aromatic rings. The molecule has 154 valence electrons. The van der Waals surface area contributed by atoms with Crippen molar-refractivity contribution in [2.45, 2.75) is 0 Å². The zero-order valence-corrected chi connectivity index (χ0v) is 17.2. The Labute approximate surface area is 180 Å². The molecule has 0 radical (unpaired) electrons. The molecular weight excluding hydrogens is 390 g/mol. The van der Waals surface area contributed by atoms with E-state index in [4.69, 9.17) is 9.47 Å². The molecule has 4 rings (SSSR count). The number of esters is 1. The van der Waals surface area contributed by atoms with E-state index in [9.17, 15) is 9.59 Å². The van der Waals surface area contributed by atoms with E-state index in [-0.39, 0.29) is 5.91 Å². The van der Waals surface area contributed by atoms with E-state index in [1.165, 1.54) is 7.11 Å². The van der Waals surface area contributed by atoms with E-state index in [1.807, 2.05) is 66.7 Å². The lowest BCUT2D eigenvalue weighted by atomic mass is 10.1. The number of carbonyl (C=O) groups excluding carboxylic acids is 2.